The van der Waals surface area contributed by atoms with Crippen molar-refractivity contribution in [2.24, 2.45) is 0 Å². The van der Waals surface area contributed by atoms with E-state index in [0.717, 1.165) is 49.8 Å². The van der Waals surface area contributed by atoms with E-state index in [1.54, 1.807) is 12.1 Å². The molecule has 0 aromatic heterocycles. The SMILES string of the molecule is Cc1cc(Cl)ccc1OCC(=O)N1CC[NH+](Cc2ccc3c(c2)OCO3)CC1. The smallest absolute Gasteiger partial charge is 0.260 e. The fourth-order valence-corrected chi connectivity index (χ4v) is 3.82. The van der Waals surface area contributed by atoms with Gasteiger partial charge in [0.1, 0.15) is 12.3 Å². The Balaban J connectivity index is 1.25. The summed E-state index contributed by atoms with van der Waals surface area (Å²) >= 11 is 5.95. The van der Waals surface area contributed by atoms with Crippen molar-refractivity contribution in [2.45, 2.75) is 13.5 Å². The van der Waals surface area contributed by atoms with Gasteiger partial charge in [0.25, 0.3) is 5.91 Å². The maximum Gasteiger partial charge on any atom is 0.260 e. The van der Waals surface area contributed by atoms with Crippen molar-refractivity contribution < 1.29 is 23.9 Å². The minimum absolute atomic E-state index is 0.0245. The molecule has 28 heavy (non-hydrogen) atoms. The van der Waals surface area contributed by atoms with Crippen molar-refractivity contribution in [3.8, 4) is 17.2 Å². The van der Waals surface area contributed by atoms with E-state index in [0.29, 0.717) is 17.6 Å². The fourth-order valence-electron chi connectivity index (χ4n) is 3.59. The highest BCUT2D eigenvalue weighted by Gasteiger charge is 2.25. The number of nitrogens with zero attached hydrogens (tertiary/aromatic N) is 1. The summed E-state index contributed by atoms with van der Waals surface area (Å²) in [6.07, 6.45) is 0. The number of rotatable bonds is 5. The van der Waals surface area contributed by atoms with Crippen molar-refractivity contribution in [2.75, 3.05) is 39.6 Å². The Morgan fingerprint density at radius 1 is 1.14 bits per heavy atom. The van der Waals surface area contributed by atoms with Gasteiger partial charge in [-0.3, -0.25) is 4.79 Å². The van der Waals surface area contributed by atoms with E-state index in [9.17, 15) is 4.79 Å². The number of carbonyl (C=O) groups is 1. The Hall–Kier alpha value is -2.44. The minimum atomic E-state index is 0.0245. The molecule has 2 aliphatic heterocycles. The molecule has 0 bridgehead atoms. The fraction of sp³-hybridized carbons (Fsp3) is 0.381. The summed E-state index contributed by atoms with van der Waals surface area (Å²) in [5, 5.41) is 0.665. The highest BCUT2D eigenvalue weighted by atomic mass is 35.5. The molecule has 7 heteroatoms. The standard InChI is InChI=1S/C21H23ClN2O4/c1-15-10-17(22)3-5-18(15)26-13-21(25)24-8-6-23(7-9-24)12-16-2-4-19-20(11-16)28-14-27-19/h2-5,10-11H,6-9,12-14H2,1H3/p+1. The summed E-state index contributed by atoms with van der Waals surface area (Å²) in [5.41, 5.74) is 2.15. The van der Waals surface area contributed by atoms with Crippen LogP contribution in [0.25, 0.3) is 0 Å². The van der Waals surface area contributed by atoms with E-state index in [1.165, 1.54) is 10.5 Å². The first-order valence-electron chi connectivity index (χ1n) is 9.47. The maximum absolute atomic E-state index is 12.5. The summed E-state index contributed by atoms with van der Waals surface area (Å²) in [6, 6.07) is 11.5. The third kappa shape index (κ3) is 4.34. The molecule has 1 amide bonds. The van der Waals surface area contributed by atoms with Crippen LogP contribution in [0.3, 0.4) is 0 Å². The Bertz CT molecular complexity index is 865. The molecule has 0 aliphatic carbocycles. The Kier molecular flexibility index (Phi) is 5.59. The molecular weight excluding hydrogens is 380 g/mol. The van der Waals surface area contributed by atoms with Gasteiger partial charge in [0.05, 0.1) is 26.2 Å². The lowest BCUT2D eigenvalue weighted by Gasteiger charge is -2.32. The number of hydrogen-bond acceptors (Lipinski definition) is 4. The molecule has 148 valence electrons. The van der Waals surface area contributed by atoms with Crippen LogP contribution < -0.4 is 19.1 Å². The van der Waals surface area contributed by atoms with Gasteiger partial charge in [-0.25, -0.2) is 0 Å². The molecule has 6 nitrogen and oxygen atoms in total. The number of quaternary nitrogens is 1. The van der Waals surface area contributed by atoms with Crippen LogP contribution in [0.2, 0.25) is 5.02 Å². The Morgan fingerprint density at radius 2 is 1.93 bits per heavy atom. The van der Waals surface area contributed by atoms with E-state index < -0.39 is 0 Å². The monoisotopic (exact) mass is 403 g/mol. The number of aryl methyl sites for hydroxylation is 1. The van der Waals surface area contributed by atoms with Gasteiger partial charge in [0.15, 0.2) is 18.1 Å². The number of amides is 1. The molecule has 4 rings (SSSR count). The van der Waals surface area contributed by atoms with Crippen molar-refractivity contribution >= 4 is 17.5 Å². The van der Waals surface area contributed by atoms with E-state index >= 15 is 0 Å². The maximum atomic E-state index is 12.5. The van der Waals surface area contributed by atoms with Gasteiger partial charge in [-0.2, -0.15) is 0 Å². The Morgan fingerprint density at radius 3 is 2.71 bits per heavy atom. The lowest BCUT2D eigenvalue weighted by molar-refractivity contribution is -0.917. The number of ether oxygens (including phenoxy) is 3. The summed E-state index contributed by atoms with van der Waals surface area (Å²) in [4.78, 5) is 15.8. The van der Waals surface area contributed by atoms with Crippen molar-refractivity contribution in [1.29, 1.82) is 0 Å². The van der Waals surface area contributed by atoms with Crippen LogP contribution in [0, 0.1) is 6.92 Å². The average molecular weight is 404 g/mol. The normalized spacial score (nSPS) is 16.3. The predicted octanol–water partition coefficient (Wildman–Crippen LogP) is 1.68. The molecule has 0 atom stereocenters. The number of benzene rings is 2. The number of piperazine rings is 1. The van der Waals surface area contributed by atoms with E-state index in [2.05, 4.69) is 12.1 Å². The van der Waals surface area contributed by atoms with Gasteiger partial charge in [-0.15, -0.1) is 0 Å². The topological polar surface area (TPSA) is 52.4 Å². The molecule has 1 fully saturated rings. The molecular formula is C21H24ClN2O4+. The van der Waals surface area contributed by atoms with Crippen LogP contribution in [-0.4, -0.2) is 50.4 Å². The third-order valence-electron chi connectivity index (χ3n) is 5.20. The molecule has 0 spiro atoms. The van der Waals surface area contributed by atoms with Crippen LogP contribution in [0.5, 0.6) is 17.2 Å². The number of fused-ring (bicyclic) bond motifs is 1. The minimum Gasteiger partial charge on any atom is -0.483 e. The third-order valence-corrected chi connectivity index (χ3v) is 5.44. The largest absolute Gasteiger partial charge is 0.483 e. The highest BCUT2D eigenvalue weighted by Crippen LogP contribution is 2.32. The van der Waals surface area contributed by atoms with E-state index in [1.807, 2.05) is 24.0 Å². The summed E-state index contributed by atoms with van der Waals surface area (Å²) in [5.74, 6) is 2.35. The quantitative estimate of drug-likeness (QED) is 0.825. The number of hydrogen-bond donors (Lipinski definition) is 1. The molecule has 0 unspecified atom stereocenters. The summed E-state index contributed by atoms with van der Waals surface area (Å²) in [7, 11) is 0. The molecule has 2 aromatic carbocycles. The van der Waals surface area contributed by atoms with Crippen LogP contribution in [0.1, 0.15) is 11.1 Å². The van der Waals surface area contributed by atoms with Gasteiger partial charge in [0.2, 0.25) is 6.79 Å². The summed E-state index contributed by atoms with van der Waals surface area (Å²) < 4.78 is 16.5. The zero-order valence-corrected chi connectivity index (χ0v) is 16.6. The number of carbonyl (C=O) groups excluding carboxylic acids is 1. The van der Waals surface area contributed by atoms with E-state index in [-0.39, 0.29) is 12.5 Å². The number of halogens is 1. The first kappa shape index (κ1) is 18.9. The van der Waals surface area contributed by atoms with Crippen LogP contribution in [-0.2, 0) is 11.3 Å². The second kappa shape index (κ2) is 8.29. The molecule has 0 saturated carbocycles. The molecule has 2 aromatic rings. The molecule has 1 saturated heterocycles. The first-order chi connectivity index (χ1) is 13.6. The van der Waals surface area contributed by atoms with Gasteiger partial charge in [-0.1, -0.05) is 11.6 Å². The lowest BCUT2D eigenvalue weighted by Crippen LogP contribution is -3.13. The van der Waals surface area contributed by atoms with Crippen LogP contribution in [0.15, 0.2) is 36.4 Å². The average Bonchev–Trinajstić information content (AvgIpc) is 3.15. The van der Waals surface area contributed by atoms with Crippen molar-refractivity contribution in [1.82, 2.24) is 4.90 Å². The van der Waals surface area contributed by atoms with Gasteiger partial charge >= 0.3 is 0 Å². The molecule has 1 N–H and O–H groups in total. The highest BCUT2D eigenvalue weighted by molar-refractivity contribution is 6.30. The summed E-state index contributed by atoms with van der Waals surface area (Å²) in [6.45, 7) is 6.50. The Labute approximate surface area is 169 Å². The van der Waals surface area contributed by atoms with Crippen LogP contribution >= 0.6 is 11.6 Å². The van der Waals surface area contributed by atoms with Crippen molar-refractivity contribution in [3.05, 3.63) is 52.5 Å². The van der Waals surface area contributed by atoms with Gasteiger partial charge < -0.3 is 24.0 Å². The second-order valence-electron chi connectivity index (χ2n) is 7.19. The van der Waals surface area contributed by atoms with Gasteiger partial charge in [0, 0.05) is 10.6 Å². The van der Waals surface area contributed by atoms with Crippen molar-refractivity contribution in [3.63, 3.8) is 0 Å². The van der Waals surface area contributed by atoms with Crippen LogP contribution in [0.4, 0.5) is 0 Å². The molecule has 2 heterocycles. The zero-order valence-electron chi connectivity index (χ0n) is 15.9. The predicted molar refractivity (Wildman–Crippen MR) is 105 cm³/mol. The number of nitrogens with one attached hydrogen (secondary N) is 1. The molecule has 0 radical (unpaired) electrons. The lowest BCUT2D eigenvalue weighted by atomic mass is 10.1. The second-order valence-corrected chi connectivity index (χ2v) is 7.63. The van der Waals surface area contributed by atoms with E-state index in [4.69, 9.17) is 25.8 Å². The zero-order chi connectivity index (χ0) is 19.5. The first-order valence-corrected chi connectivity index (χ1v) is 9.85. The molecule has 2 aliphatic rings. The van der Waals surface area contributed by atoms with Gasteiger partial charge in [-0.05, 0) is 48.9 Å².